The average Bonchev–Trinajstić information content (AvgIpc) is 3.61. The van der Waals surface area contributed by atoms with Gasteiger partial charge in [-0.3, -0.25) is 9.59 Å². The van der Waals surface area contributed by atoms with Gasteiger partial charge in [0.05, 0.1) is 11.5 Å². The fraction of sp³-hybridized carbons (Fsp3) is 0.0667. The van der Waals surface area contributed by atoms with Crippen LogP contribution in [0.1, 0.15) is 0 Å². The molecule has 11 heteroatoms. The molecule has 0 bridgehead atoms. The number of amides is 2. The van der Waals surface area contributed by atoms with Crippen LogP contribution in [0.4, 0.5) is 11.4 Å². The van der Waals surface area contributed by atoms with E-state index in [2.05, 4.69) is 20.6 Å². The first-order valence-corrected chi connectivity index (χ1v) is 15.3. The van der Waals surface area contributed by atoms with Gasteiger partial charge in [-0.25, -0.2) is 9.97 Å². The number of carbonyl (C=O) groups excluding carboxylic acids is 2. The number of aromatic nitrogens is 2. The lowest BCUT2D eigenvalue weighted by atomic mass is 10.3. The lowest BCUT2D eigenvalue weighted by Crippen LogP contribution is -2.13. The molecule has 0 saturated heterocycles. The Hall–Kier alpha value is -4.19. The molecule has 0 radical (unpaired) electrons. The van der Waals surface area contributed by atoms with Crippen molar-refractivity contribution >= 4 is 80.7 Å². The number of rotatable bonds is 10. The van der Waals surface area contributed by atoms with Gasteiger partial charge in [0.1, 0.15) is 11.0 Å². The molecule has 6 rings (SSSR count). The van der Waals surface area contributed by atoms with Gasteiger partial charge < -0.3 is 19.5 Å². The van der Waals surface area contributed by atoms with E-state index in [1.807, 2.05) is 97.1 Å². The zero-order valence-corrected chi connectivity index (χ0v) is 23.9. The number of benzene rings is 4. The zero-order valence-electron chi connectivity index (χ0n) is 21.4. The second-order valence-electron chi connectivity index (χ2n) is 8.72. The fourth-order valence-corrected chi connectivity index (χ4v) is 5.92. The van der Waals surface area contributed by atoms with Crippen LogP contribution in [0.5, 0.6) is 0 Å². The summed E-state index contributed by atoms with van der Waals surface area (Å²) in [5.74, 6) is 0.119. The summed E-state index contributed by atoms with van der Waals surface area (Å²) in [5.41, 5.74) is 4.38. The third kappa shape index (κ3) is 7.12. The fourth-order valence-electron chi connectivity index (χ4n) is 3.82. The Morgan fingerprint density at radius 2 is 1.00 bits per heavy atom. The van der Waals surface area contributed by atoms with Gasteiger partial charge in [-0.05, 0) is 72.8 Å². The maximum Gasteiger partial charge on any atom is 0.257 e. The average molecular weight is 599 g/mol. The van der Waals surface area contributed by atoms with Gasteiger partial charge in [-0.1, -0.05) is 59.6 Å². The highest BCUT2D eigenvalue weighted by atomic mass is 32.2. The van der Waals surface area contributed by atoms with Crippen molar-refractivity contribution < 1.29 is 18.4 Å². The van der Waals surface area contributed by atoms with Gasteiger partial charge in [-0.2, -0.15) is 0 Å². The number of hydrogen-bond donors (Lipinski definition) is 2. The minimum absolute atomic E-state index is 0.137. The smallest absolute Gasteiger partial charge is 0.257 e. The number of hydrogen-bond acceptors (Lipinski definition) is 9. The van der Waals surface area contributed by atoms with Crippen LogP contribution in [0.15, 0.2) is 126 Å². The van der Waals surface area contributed by atoms with Crippen LogP contribution in [0.2, 0.25) is 0 Å². The van der Waals surface area contributed by atoms with Gasteiger partial charge in [-0.15, -0.1) is 0 Å². The molecule has 2 amide bonds. The van der Waals surface area contributed by atoms with Crippen molar-refractivity contribution in [3.63, 3.8) is 0 Å². The van der Waals surface area contributed by atoms with Crippen LogP contribution in [0.3, 0.4) is 0 Å². The number of oxazole rings is 2. The van der Waals surface area contributed by atoms with E-state index < -0.39 is 0 Å². The number of carbonyl (C=O) groups is 2. The van der Waals surface area contributed by atoms with Gasteiger partial charge in [0, 0.05) is 21.2 Å². The van der Waals surface area contributed by atoms with E-state index in [0.29, 0.717) is 33.0 Å². The molecular formula is C30H22N4O4S3. The Kier molecular flexibility index (Phi) is 8.26. The number of thioether (sulfide) groups is 2. The van der Waals surface area contributed by atoms with Crippen LogP contribution in [0, 0.1) is 0 Å². The van der Waals surface area contributed by atoms with Crippen molar-refractivity contribution in [3.05, 3.63) is 97.1 Å². The number of para-hydroxylation sites is 4. The summed E-state index contributed by atoms with van der Waals surface area (Å²) in [6.45, 7) is 0. The predicted molar refractivity (Wildman–Crippen MR) is 164 cm³/mol. The van der Waals surface area contributed by atoms with Crippen LogP contribution >= 0.6 is 35.3 Å². The minimum Gasteiger partial charge on any atom is -0.431 e. The van der Waals surface area contributed by atoms with Gasteiger partial charge >= 0.3 is 0 Å². The van der Waals surface area contributed by atoms with Crippen LogP contribution in [-0.2, 0) is 9.59 Å². The second kappa shape index (κ2) is 12.5. The van der Waals surface area contributed by atoms with Crippen molar-refractivity contribution in [1.82, 2.24) is 9.97 Å². The summed E-state index contributed by atoms with van der Waals surface area (Å²) >= 11 is 4.10. The van der Waals surface area contributed by atoms with Crippen LogP contribution in [-0.4, -0.2) is 33.3 Å². The molecule has 0 saturated carbocycles. The molecule has 0 aliphatic carbocycles. The van der Waals surface area contributed by atoms with E-state index >= 15 is 0 Å². The van der Waals surface area contributed by atoms with Gasteiger partial charge in [0.25, 0.3) is 10.4 Å². The molecule has 204 valence electrons. The Morgan fingerprint density at radius 1 is 0.585 bits per heavy atom. The maximum atomic E-state index is 12.4. The highest BCUT2D eigenvalue weighted by Crippen LogP contribution is 2.30. The Bertz CT molecular complexity index is 1620. The van der Waals surface area contributed by atoms with Crippen LogP contribution < -0.4 is 10.6 Å². The SMILES string of the molecule is O=C(CSc1nc2ccccc2o1)Nc1ccc(Sc2ccc(NC(=O)CSc3nc4ccccc4o3)cc2)cc1. The van der Waals surface area contributed by atoms with Crippen molar-refractivity contribution in [2.24, 2.45) is 0 Å². The Balaban J connectivity index is 0.949. The third-order valence-electron chi connectivity index (χ3n) is 5.71. The second-order valence-corrected chi connectivity index (χ2v) is 11.7. The normalized spacial score (nSPS) is 11.1. The van der Waals surface area contributed by atoms with E-state index in [9.17, 15) is 9.59 Å². The molecule has 0 aliphatic heterocycles. The van der Waals surface area contributed by atoms with E-state index in [1.165, 1.54) is 23.5 Å². The van der Waals surface area contributed by atoms with E-state index in [1.54, 1.807) is 11.8 Å². The zero-order chi connectivity index (χ0) is 28.0. The van der Waals surface area contributed by atoms with Gasteiger partial charge in [0.2, 0.25) is 11.8 Å². The summed E-state index contributed by atoms with van der Waals surface area (Å²) in [4.78, 5) is 35.6. The summed E-state index contributed by atoms with van der Waals surface area (Å²) in [6, 6.07) is 30.3. The number of nitrogens with zero attached hydrogens (tertiary/aromatic N) is 2. The summed E-state index contributed by atoms with van der Waals surface area (Å²) in [5, 5.41) is 6.74. The molecule has 6 aromatic rings. The first kappa shape index (κ1) is 27.0. The van der Waals surface area contributed by atoms with Crippen molar-refractivity contribution in [3.8, 4) is 0 Å². The predicted octanol–water partition coefficient (Wildman–Crippen LogP) is 7.58. The molecular weight excluding hydrogens is 577 g/mol. The molecule has 0 aliphatic rings. The molecule has 2 aromatic heterocycles. The molecule has 8 nitrogen and oxygen atoms in total. The highest BCUT2D eigenvalue weighted by molar-refractivity contribution is 8.00. The topological polar surface area (TPSA) is 110 Å². The molecule has 4 aromatic carbocycles. The molecule has 2 N–H and O–H groups in total. The third-order valence-corrected chi connectivity index (χ3v) is 8.39. The van der Waals surface area contributed by atoms with Crippen LogP contribution in [0.25, 0.3) is 22.2 Å². The molecule has 0 unspecified atom stereocenters. The Labute approximate surface area is 247 Å². The standard InChI is InChI=1S/C30H22N4O4S3/c35-27(17-39-29-33-23-5-1-3-7-25(23)37-29)31-19-9-13-21(14-10-19)41-22-15-11-20(12-16-22)32-28(36)18-40-30-34-24-6-2-4-8-26(24)38-30/h1-16H,17-18H2,(H,31,35)(H,32,36). The van der Waals surface area contributed by atoms with Gasteiger partial charge in [0.15, 0.2) is 11.2 Å². The summed E-state index contributed by atoms with van der Waals surface area (Å²) < 4.78 is 11.3. The quantitative estimate of drug-likeness (QED) is 0.154. The molecule has 0 spiro atoms. The van der Waals surface area contributed by atoms with E-state index in [-0.39, 0.29) is 23.3 Å². The summed E-state index contributed by atoms with van der Waals surface area (Å²) in [7, 11) is 0. The van der Waals surface area contributed by atoms with E-state index in [0.717, 1.165) is 20.8 Å². The monoisotopic (exact) mass is 598 g/mol. The molecule has 41 heavy (non-hydrogen) atoms. The largest absolute Gasteiger partial charge is 0.431 e. The van der Waals surface area contributed by atoms with Crippen molar-refractivity contribution in [1.29, 1.82) is 0 Å². The van der Waals surface area contributed by atoms with Crippen molar-refractivity contribution in [2.75, 3.05) is 22.1 Å². The minimum atomic E-state index is -0.137. The highest BCUT2D eigenvalue weighted by Gasteiger charge is 2.11. The van der Waals surface area contributed by atoms with Crippen molar-refractivity contribution in [2.45, 2.75) is 20.2 Å². The molecule has 0 fully saturated rings. The van der Waals surface area contributed by atoms with E-state index in [4.69, 9.17) is 8.83 Å². The number of nitrogens with one attached hydrogen (secondary N) is 2. The number of anilines is 2. The maximum absolute atomic E-state index is 12.4. The molecule has 0 atom stereocenters. The lowest BCUT2D eigenvalue weighted by Gasteiger charge is -2.07. The first-order valence-electron chi connectivity index (χ1n) is 12.5. The first-order chi connectivity index (χ1) is 20.1. The molecule has 2 heterocycles. The summed E-state index contributed by atoms with van der Waals surface area (Å²) in [6.07, 6.45) is 0. The number of fused-ring (bicyclic) bond motifs is 2. The Morgan fingerprint density at radius 3 is 1.41 bits per heavy atom. The lowest BCUT2D eigenvalue weighted by molar-refractivity contribution is -0.114.